The van der Waals surface area contributed by atoms with Gasteiger partial charge in [0.25, 0.3) is 0 Å². The molecule has 0 spiro atoms. The summed E-state index contributed by atoms with van der Waals surface area (Å²) in [5.41, 5.74) is 6.18. The predicted octanol–water partition coefficient (Wildman–Crippen LogP) is 2.73. The lowest BCUT2D eigenvalue weighted by Gasteiger charge is -2.33. The quantitative estimate of drug-likeness (QED) is 0.590. The highest BCUT2D eigenvalue weighted by molar-refractivity contribution is 6.62. The molecule has 0 radical (unpaired) electrons. The molecule has 18 heavy (non-hydrogen) atoms. The molecule has 0 aliphatic carbocycles. The fourth-order valence-corrected chi connectivity index (χ4v) is 4.51. The Balaban J connectivity index is 4.58. The smallest absolute Gasteiger partial charge is 0.373 e. The van der Waals surface area contributed by atoms with Crippen LogP contribution >= 0.6 is 0 Å². The number of nitrogens with two attached hydrogens (primary N) is 1. The van der Waals surface area contributed by atoms with Crippen LogP contribution in [0, 0.1) is 5.92 Å². The van der Waals surface area contributed by atoms with E-state index in [4.69, 9.17) is 19.0 Å². The average molecular weight is 277 g/mol. The Morgan fingerprint density at radius 3 is 1.67 bits per heavy atom. The molecule has 0 aromatic heterocycles. The van der Waals surface area contributed by atoms with Crippen molar-refractivity contribution in [1.82, 2.24) is 0 Å². The van der Waals surface area contributed by atoms with Gasteiger partial charge in [0.1, 0.15) is 0 Å². The van der Waals surface area contributed by atoms with Gasteiger partial charge in [-0.15, -0.1) is 0 Å². The molecule has 5 heteroatoms. The Bertz CT molecular complexity index is 188. The maximum atomic E-state index is 6.30. The van der Waals surface area contributed by atoms with E-state index < -0.39 is 8.80 Å². The maximum absolute atomic E-state index is 6.30. The van der Waals surface area contributed by atoms with Crippen molar-refractivity contribution in [2.75, 3.05) is 19.8 Å². The van der Waals surface area contributed by atoms with Crippen LogP contribution in [0.2, 0.25) is 0 Å². The fourth-order valence-electron chi connectivity index (χ4n) is 1.89. The van der Waals surface area contributed by atoms with Crippen LogP contribution in [0.25, 0.3) is 0 Å². The summed E-state index contributed by atoms with van der Waals surface area (Å²) < 4.78 is 17.4. The van der Waals surface area contributed by atoms with Crippen LogP contribution in [-0.4, -0.2) is 34.3 Å². The minimum atomic E-state index is -2.70. The van der Waals surface area contributed by atoms with E-state index >= 15 is 0 Å². The first-order valence-electron chi connectivity index (χ1n) is 7.23. The van der Waals surface area contributed by atoms with Gasteiger partial charge in [-0.3, -0.25) is 0 Å². The number of rotatable bonds is 11. The molecule has 0 amide bonds. The van der Waals surface area contributed by atoms with E-state index in [1.807, 2.05) is 20.8 Å². The monoisotopic (exact) mass is 277 g/mol. The van der Waals surface area contributed by atoms with Crippen molar-refractivity contribution < 1.29 is 13.3 Å². The summed E-state index contributed by atoms with van der Waals surface area (Å²) in [6.45, 7) is 12.1. The molecule has 0 fully saturated rings. The second kappa shape index (κ2) is 9.92. The van der Waals surface area contributed by atoms with Crippen molar-refractivity contribution in [2.45, 2.75) is 59.5 Å². The molecule has 0 bridgehead atoms. The molecule has 0 aliphatic heterocycles. The maximum Gasteiger partial charge on any atom is 0.518 e. The zero-order valence-electron chi connectivity index (χ0n) is 12.7. The topological polar surface area (TPSA) is 53.7 Å². The van der Waals surface area contributed by atoms with Crippen molar-refractivity contribution >= 4 is 8.80 Å². The summed E-state index contributed by atoms with van der Waals surface area (Å²) in [4.78, 5) is 0. The van der Waals surface area contributed by atoms with Gasteiger partial charge in [0.15, 0.2) is 0 Å². The third kappa shape index (κ3) is 5.80. The van der Waals surface area contributed by atoms with Crippen molar-refractivity contribution in [1.29, 1.82) is 0 Å². The standard InChI is InChI=1S/C13H31NO3Si/c1-6-12(5)10-11-13(14)18(15-7-2,16-8-3)17-9-4/h12-13H,6-11,14H2,1-5H3. The highest BCUT2D eigenvalue weighted by Crippen LogP contribution is 2.20. The second-order valence-corrected chi connectivity index (χ2v) is 7.41. The van der Waals surface area contributed by atoms with Gasteiger partial charge in [0, 0.05) is 19.8 Å². The lowest BCUT2D eigenvalue weighted by Crippen LogP contribution is -2.60. The lowest BCUT2D eigenvalue weighted by atomic mass is 10.0. The van der Waals surface area contributed by atoms with Gasteiger partial charge in [0.05, 0.1) is 5.67 Å². The van der Waals surface area contributed by atoms with Gasteiger partial charge in [-0.05, 0) is 39.5 Å². The van der Waals surface area contributed by atoms with E-state index in [-0.39, 0.29) is 5.67 Å². The largest absolute Gasteiger partial charge is 0.518 e. The zero-order valence-corrected chi connectivity index (χ0v) is 13.7. The minimum absolute atomic E-state index is 0.119. The predicted molar refractivity (Wildman–Crippen MR) is 77.3 cm³/mol. The summed E-state index contributed by atoms with van der Waals surface area (Å²) in [5, 5.41) is 0. The molecule has 0 saturated carbocycles. The molecule has 0 aromatic rings. The molecular formula is C13H31NO3Si. The first kappa shape index (κ1) is 18.1. The SMILES string of the molecule is CCO[Si](OCC)(OCC)C(N)CCC(C)CC. The lowest BCUT2D eigenvalue weighted by molar-refractivity contribution is 0.0607. The van der Waals surface area contributed by atoms with Crippen LogP contribution in [0.3, 0.4) is 0 Å². The van der Waals surface area contributed by atoms with Crippen LogP contribution in [0.5, 0.6) is 0 Å². The highest BCUT2D eigenvalue weighted by Gasteiger charge is 2.47. The molecule has 2 atom stereocenters. The Kier molecular flexibility index (Phi) is 9.95. The van der Waals surface area contributed by atoms with E-state index in [9.17, 15) is 0 Å². The third-order valence-electron chi connectivity index (χ3n) is 3.16. The van der Waals surface area contributed by atoms with Crippen molar-refractivity contribution in [3.8, 4) is 0 Å². The van der Waals surface area contributed by atoms with E-state index in [1.165, 1.54) is 6.42 Å². The van der Waals surface area contributed by atoms with Crippen LogP contribution < -0.4 is 5.73 Å². The van der Waals surface area contributed by atoms with Crippen molar-refractivity contribution in [2.24, 2.45) is 11.7 Å². The van der Waals surface area contributed by atoms with E-state index in [1.54, 1.807) is 0 Å². The Labute approximate surface area is 114 Å². The molecule has 2 unspecified atom stereocenters. The fraction of sp³-hybridized carbons (Fsp3) is 1.00. The first-order chi connectivity index (χ1) is 8.56. The first-order valence-corrected chi connectivity index (χ1v) is 9.03. The molecule has 0 heterocycles. The van der Waals surface area contributed by atoms with Crippen LogP contribution in [0.15, 0.2) is 0 Å². The Morgan fingerprint density at radius 2 is 1.33 bits per heavy atom. The van der Waals surface area contributed by atoms with Gasteiger partial charge in [-0.2, -0.15) is 0 Å². The molecule has 4 nitrogen and oxygen atoms in total. The molecular weight excluding hydrogens is 246 g/mol. The van der Waals surface area contributed by atoms with Gasteiger partial charge < -0.3 is 19.0 Å². The molecule has 2 N–H and O–H groups in total. The van der Waals surface area contributed by atoms with Crippen LogP contribution in [0.1, 0.15) is 53.9 Å². The zero-order chi connectivity index (χ0) is 14.0. The summed E-state index contributed by atoms with van der Waals surface area (Å²) in [6.07, 6.45) is 3.18. The van der Waals surface area contributed by atoms with E-state index in [0.717, 1.165) is 12.8 Å². The van der Waals surface area contributed by atoms with Crippen molar-refractivity contribution in [3.05, 3.63) is 0 Å². The van der Waals surface area contributed by atoms with E-state index in [0.29, 0.717) is 25.7 Å². The van der Waals surface area contributed by atoms with E-state index in [2.05, 4.69) is 13.8 Å². The van der Waals surface area contributed by atoms with Gasteiger partial charge >= 0.3 is 8.80 Å². The van der Waals surface area contributed by atoms with Gasteiger partial charge in [-0.1, -0.05) is 20.3 Å². The van der Waals surface area contributed by atoms with Gasteiger partial charge in [0.2, 0.25) is 0 Å². The van der Waals surface area contributed by atoms with Crippen molar-refractivity contribution in [3.63, 3.8) is 0 Å². The highest BCUT2D eigenvalue weighted by atomic mass is 28.4. The third-order valence-corrected chi connectivity index (χ3v) is 6.43. The Hall–Kier alpha value is 0.0569. The molecule has 0 rings (SSSR count). The molecule has 110 valence electrons. The summed E-state index contributed by atoms with van der Waals surface area (Å²) in [7, 11) is -2.70. The Morgan fingerprint density at radius 1 is 0.889 bits per heavy atom. The van der Waals surface area contributed by atoms with Gasteiger partial charge in [-0.25, -0.2) is 0 Å². The second-order valence-electron chi connectivity index (χ2n) is 4.60. The number of hydrogen-bond acceptors (Lipinski definition) is 4. The van der Waals surface area contributed by atoms with Crippen LogP contribution in [0.4, 0.5) is 0 Å². The molecule has 0 aromatic carbocycles. The average Bonchev–Trinajstić information content (AvgIpc) is 2.36. The normalized spacial score (nSPS) is 15.7. The minimum Gasteiger partial charge on any atom is -0.373 e. The molecule has 0 saturated heterocycles. The summed E-state index contributed by atoms with van der Waals surface area (Å²) >= 11 is 0. The summed E-state index contributed by atoms with van der Waals surface area (Å²) in [5.74, 6) is 0.688. The molecule has 0 aliphatic rings. The summed E-state index contributed by atoms with van der Waals surface area (Å²) in [6, 6.07) is 0. The number of hydrogen-bond donors (Lipinski definition) is 1. The van der Waals surface area contributed by atoms with Crippen LogP contribution in [-0.2, 0) is 13.3 Å².